The molecule has 108 valence electrons. The standard InChI is InChI=1S/C16H21NO2S/c1-6-13(18)11-7-8-12-14(9-11)20-16(4,5)15(19)17(12)10(2)3/h7-10H,6H2,1-5H3. The molecule has 0 atom stereocenters. The van der Waals surface area contributed by atoms with Gasteiger partial charge in [0.05, 0.1) is 10.4 Å². The molecular weight excluding hydrogens is 270 g/mol. The molecule has 1 heterocycles. The first-order chi connectivity index (χ1) is 9.27. The van der Waals surface area contributed by atoms with Crippen molar-refractivity contribution in [2.75, 3.05) is 4.90 Å². The number of rotatable bonds is 3. The van der Waals surface area contributed by atoms with Crippen LogP contribution in [0.4, 0.5) is 5.69 Å². The number of Topliss-reactive ketones (excluding diaryl/α,β-unsaturated/α-hetero) is 1. The van der Waals surface area contributed by atoms with Crippen LogP contribution in [0, 0.1) is 0 Å². The van der Waals surface area contributed by atoms with Crippen LogP contribution in [0.2, 0.25) is 0 Å². The van der Waals surface area contributed by atoms with Crippen LogP contribution < -0.4 is 4.90 Å². The van der Waals surface area contributed by atoms with Crippen LogP contribution in [-0.2, 0) is 4.79 Å². The SMILES string of the molecule is CCC(=O)c1ccc2c(c1)SC(C)(C)C(=O)N2C(C)C. The van der Waals surface area contributed by atoms with Crippen molar-refractivity contribution in [1.82, 2.24) is 0 Å². The lowest BCUT2D eigenvalue weighted by Gasteiger charge is -2.40. The molecule has 0 spiro atoms. The summed E-state index contributed by atoms with van der Waals surface area (Å²) in [6.07, 6.45) is 0.500. The topological polar surface area (TPSA) is 37.4 Å². The van der Waals surface area contributed by atoms with Gasteiger partial charge in [-0.3, -0.25) is 9.59 Å². The van der Waals surface area contributed by atoms with Gasteiger partial charge in [-0.15, -0.1) is 11.8 Å². The number of hydrogen-bond donors (Lipinski definition) is 0. The molecule has 1 aliphatic heterocycles. The summed E-state index contributed by atoms with van der Waals surface area (Å²) in [5.41, 5.74) is 1.65. The van der Waals surface area contributed by atoms with Gasteiger partial charge < -0.3 is 4.90 Å². The van der Waals surface area contributed by atoms with E-state index in [4.69, 9.17) is 0 Å². The van der Waals surface area contributed by atoms with Gasteiger partial charge in [-0.1, -0.05) is 6.92 Å². The average molecular weight is 291 g/mol. The number of ketones is 1. The van der Waals surface area contributed by atoms with Crippen LogP contribution >= 0.6 is 11.8 Å². The molecule has 0 saturated heterocycles. The first-order valence-electron chi connectivity index (χ1n) is 6.98. The third-order valence-corrected chi connectivity index (χ3v) is 4.71. The second kappa shape index (κ2) is 5.24. The minimum absolute atomic E-state index is 0.106. The molecule has 1 aliphatic rings. The van der Waals surface area contributed by atoms with Gasteiger partial charge in [-0.05, 0) is 45.9 Å². The Morgan fingerprint density at radius 1 is 1.35 bits per heavy atom. The number of fused-ring (bicyclic) bond motifs is 1. The normalized spacial score (nSPS) is 17.3. The van der Waals surface area contributed by atoms with Crippen LogP contribution in [-0.4, -0.2) is 22.5 Å². The zero-order valence-corrected chi connectivity index (χ0v) is 13.5. The first kappa shape index (κ1) is 15.1. The van der Waals surface area contributed by atoms with Gasteiger partial charge in [0.25, 0.3) is 0 Å². The van der Waals surface area contributed by atoms with Crippen molar-refractivity contribution in [3.63, 3.8) is 0 Å². The number of thioether (sulfide) groups is 1. The van der Waals surface area contributed by atoms with Crippen LogP contribution in [0.3, 0.4) is 0 Å². The molecule has 1 amide bonds. The fraction of sp³-hybridized carbons (Fsp3) is 0.500. The minimum Gasteiger partial charge on any atom is -0.308 e. The molecule has 4 heteroatoms. The van der Waals surface area contributed by atoms with Crippen molar-refractivity contribution < 1.29 is 9.59 Å². The van der Waals surface area contributed by atoms with E-state index in [0.29, 0.717) is 6.42 Å². The number of benzene rings is 1. The largest absolute Gasteiger partial charge is 0.308 e. The van der Waals surface area contributed by atoms with E-state index in [0.717, 1.165) is 16.1 Å². The van der Waals surface area contributed by atoms with Crippen molar-refractivity contribution in [3.8, 4) is 0 Å². The molecule has 1 aromatic carbocycles. The third-order valence-electron chi connectivity index (χ3n) is 3.48. The summed E-state index contributed by atoms with van der Waals surface area (Å²) in [4.78, 5) is 27.3. The number of amides is 1. The number of nitrogens with zero attached hydrogens (tertiary/aromatic N) is 1. The molecule has 0 aromatic heterocycles. The van der Waals surface area contributed by atoms with E-state index in [1.54, 1.807) is 11.8 Å². The second-order valence-corrected chi connectivity index (χ2v) is 7.51. The van der Waals surface area contributed by atoms with Gasteiger partial charge in [-0.25, -0.2) is 0 Å². The van der Waals surface area contributed by atoms with Gasteiger partial charge in [0.15, 0.2) is 5.78 Å². The second-order valence-electron chi connectivity index (χ2n) is 5.84. The predicted molar refractivity (Wildman–Crippen MR) is 83.6 cm³/mol. The molecule has 0 N–H and O–H groups in total. The quantitative estimate of drug-likeness (QED) is 0.792. The predicted octanol–water partition coefficient (Wildman–Crippen LogP) is 3.91. The Morgan fingerprint density at radius 3 is 2.55 bits per heavy atom. The highest BCUT2D eigenvalue weighted by molar-refractivity contribution is 8.01. The zero-order valence-electron chi connectivity index (χ0n) is 12.7. The van der Waals surface area contributed by atoms with Crippen LogP contribution in [0.1, 0.15) is 51.4 Å². The maximum Gasteiger partial charge on any atom is 0.243 e. The van der Waals surface area contributed by atoms with Gasteiger partial charge in [-0.2, -0.15) is 0 Å². The Labute approximate surface area is 124 Å². The van der Waals surface area contributed by atoms with Crippen molar-refractivity contribution in [2.24, 2.45) is 0 Å². The first-order valence-corrected chi connectivity index (χ1v) is 7.79. The summed E-state index contributed by atoms with van der Waals surface area (Å²) in [5.74, 6) is 0.263. The minimum atomic E-state index is -0.495. The van der Waals surface area contributed by atoms with Crippen molar-refractivity contribution in [3.05, 3.63) is 23.8 Å². The molecule has 0 bridgehead atoms. The molecule has 3 nitrogen and oxygen atoms in total. The summed E-state index contributed by atoms with van der Waals surface area (Å²) in [5, 5.41) is 0. The molecule has 2 rings (SSSR count). The van der Waals surface area contributed by atoms with E-state index < -0.39 is 4.75 Å². The van der Waals surface area contributed by atoms with Gasteiger partial charge in [0.2, 0.25) is 5.91 Å². The number of carbonyl (C=O) groups excluding carboxylic acids is 2. The smallest absolute Gasteiger partial charge is 0.243 e. The van der Waals surface area contributed by atoms with Gasteiger partial charge in [0.1, 0.15) is 0 Å². The highest BCUT2D eigenvalue weighted by atomic mass is 32.2. The molecule has 0 saturated carbocycles. The molecule has 1 aromatic rings. The van der Waals surface area contributed by atoms with Gasteiger partial charge in [0, 0.05) is 22.9 Å². The highest BCUT2D eigenvalue weighted by Gasteiger charge is 2.40. The van der Waals surface area contributed by atoms with E-state index in [1.165, 1.54) is 0 Å². The van der Waals surface area contributed by atoms with E-state index in [2.05, 4.69) is 0 Å². The fourth-order valence-electron chi connectivity index (χ4n) is 2.40. The van der Waals surface area contributed by atoms with E-state index >= 15 is 0 Å². The van der Waals surface area contributed by atoms with Gasteiger partial charge >= 0.3 is 0 Å². The number of carbonyl (C=O) groups is 2. The maximum atomic E-state index is 12.6. The lowest BCUT2D eigenvalue weighted by molar-refractivity contribution is -0.120. The molecule has 0 radical (unpaired) electrons. The summed E-state index contributed by atoms with van der Waals surface area (Å²) < 4.78 is -0.495. The van der Waals surface area contributed by atoms with Crippen molar-refractivity contribution >= 4 is 29.1 Å². The Bertz CT molecular complexity index is 564. The van der Waals surface area contributed by atoms with Crippen LogP contribution in [0.15, 0.2) is 23.1 Å². The molecule has 0 fully saturated rings. The van der Waals surface area contributed by atoms with E-state index in [-0.39, 0.29) is 17.7 Å². The number of hydrogen-bond acceptors (Lipinski definition) is 3. The Hall–Kier alpha value is -1.29. The summed E-state index contributed by atoms with van der Waals surface area (Å²) in [6.45, 7) is 9.76. The van der Waals surface area contributed by atoms with E-state index in [1.807, 2.05) is 57.7 Å². The fourth-order valence-corrected chi connectivity index (χ4v) is 3.60. The molecular formula is C16H21NO2S. The van der Waals surface area contributed by atoms with Crippen molar-refractivity contribution in [1.29, 1.82) is 0 Å². The van der Waals surface area contributed by atoms with E-state index in [9.17, 15) is 9.59 Å². The molecule has 20 heavy (non-hydrogen) atoms. The summed E-state index contributed by atoms with van der Waals surface area (Å²) in [6, 6.07) is 5.76. The molecule has 0 aliphatic carbocycles. The number of anilines is 1. The molecule has 0 unspecified atom stereocenters. The third kappa shape index (κ3) is 2.49. The lowest BCUT2D eigenvalue weighted by Crippen LogP contribution is -2.49. The van der Waals surface area contributed by atoms with Crippen LogP contribution in [0.5, 0.6) is 0 Å². The summed E-state index contributed by atoms with van der Waals surface area (Å²) >= 11 is 1.54. The lowest BCUT2D eigenvalue weighted by atomic mass is 10.1. The highest BCUT2D eigenvalue weighted by Crippen LogP contribution is 2.46. The Kier molecular flexibility index (Phi) is 3.96. The Morgan fingerprint density at radius 2 is 2.00 bits per heavy atom. The monoisotopic (exact) mass is 291 g/mol. The van der Waals surface area contributed by atoms with Crippen molar-refractivity contribution in [2.45, 2.75) is 56.7 Å². The zero-order chi connectivity index (χ0) is 15.1. The van der Waals surface area contributed by atoms with Crippen LogP contribution in [0.25, 0.3) is 0 Å². The Balaban J connectivity index is 2.54. The average Bonchev–Trinajstić information content (AvgIpc) is 2.37. The summed E-state index contributed by atoms with van der Waals surface area (Å²) in [7, 11) is 0. The maximum absolute atomic E-state index is 12.6.